The molecule has 21 heavy (non-hydrogen) atoms. The Morgan fingerprint density at radius 3 is 2.76 bits per heavy atom. The molecule has 1 saturated carbocycles. The zero-order valence-corrected chi connectivity index (χ0v) is 13.1. The van der Waals surface area contributed by atoms with Gasteiger partial charge < -0.3 is 4.90 Å². The summed E-state index contributed by atoms with van der Waals surface area (Å²) in [6.07, 6.45) is 5.57. The quantitative estimate of drug-likeness (QED) is 0.928. The van der Waals surface area contributed by atoms with Crippen LogP contribution in [-0.2, 0) is 4.79 Å². The molecule has 1 atom stereocenters. The van der Waals surface area contributed by atoms with Gasteiger partial charge in [0.25, 0.3) is 0 Å². The molecule has 1 aliphatic heterocycles. The predicted octanol–water partition coefficient (Wildman–Crippen LogP) is 2.93. The van der Waals surface area contributed by atoms with E-state index < -0.39 is 5.54 Å². The number of nitrogens with one attached hydrogen (secondary N) is 1. The van der Waals surface area contributed by atoms with Crippen molar-refractivity contribution >= 4 is 17.7 Å². The van der Waals surface area contributed by atoms with Gasteiger partial charge in [-0.15, -0.1) is 0 Å². The lowest BCUT2D eigenvalue weighted by atomic mass is 9.98. The highest BCUT2D eigenvalue weighted by Crippen LogP contribution is 2.41. The Labute approximate surface area is 129 Å². The highest BCUT2D eigenvalue weighted by molar-refractivity contribution is 7.98. The molecule has 114 valence electrons. The maximum absolute atomic E-state index is 14.2. The van der Waals surface area contributed by atoms with Gasteiger partial charge in [-0.05, 0) is 25.2 Å². The van der Waals surface area contributed by atoms with E-state index in [0.29, 0.717) is 12.1 Å². The van der Waals surface area contributed by atoms with Crippen molar-refractivity contribution < 1.29 is 9.18 Å². The van der Waals surface area contributed by atoms with Crippen molar-refractivity contribution in [2.45, 2.75) is 37.4 Å². The summed E-state index contributed by atoms with van der Waals surface area (Å²) in [6, 6.07) is 6.76. The highest BCUT2D eigenvalue weighted by atomic mass is 32.2. The average Bonchev–Trinajstić information content (AvgIpc) is 3.06. The lowest BCUT2D eigenvalue weighted by Gasteiger charge is -2.24. The van der Waals surface area contributed by atoms with Crippen LogP contribution in [0.15, 0.2) is 24.3 Å². The van der Waals surface area contributed by atoms with Crippen LogP contribution in [-0.4, -0.2) is 34.9 Å². The molecule has 0 radical (unpaired) electrons. The Kier molecular flexibility index (Phi) is 4.22. The second-order valence-corrected chi connectivity index (χ2v) is 6.83. The fourth-order valence-corrected chi connectivity index (χ4v) is 3.87. The Morgan fingerprint density at radius 2 is 2.10 bits per heavy atom. The number of rotatable bonds is 4. The van der Waals surface area contributed by atoms with Crippen LogP contribution in [0.1, 0.15) is 37.4 Å². The van der Waals surface area contributed by atoms with Crippen LogP contribution in [0.5, 0.6) is 0 Å². The summed E-state index contributed by atoms with van der Waals surface area (Å²) >= 11 is 1.71. The average molecular weight is 308 g/mol. The van der Waals surface area contributed by atoms with Crippen LogP contribution in [0.4, 0.5) is 4.39 Å². The third kappa shape index (κ3) is 2.57. The largest absolute Gasteiger partial charge is 0.320 e. The first-order chi connectivity index (χ1) is 10.2. The van der Waals surface area contributed by atoms with Crippen molar-refractivity contribution in [3.63, 3.8) is 0 Å². The van der Waals surface area contributed by atoms with E-state index in [2.05, 4.69) is 5.32 Å². The number of hydrogen-bond donors (Lipinski definition) is 1. The molecule has 1 amide bonds. The first-order valence-electron chi connectivity index (χ1n) is 7.50. The third-order valence-electron chi connectivity index (χ3n) is 4.59. The summed E-state index contributed by atoms with van der Waals surface area (Å²) in [7, 11) is 0. The van der Waals surface area contributed by atoms with Crippen LogP contribution in [0.25, 0.3) is 0 Å². The second-order valence-electron chi connectivity index (χ2n) is 5.85. The van der Waals surface area contributed by atoms with E-state index in [4.69, 9.17) is 0 Å². The van der Waals surface area contributed by atoms with Crippen LogP contribution in [0.2, 0.25) is 0 Å². The number of amides is 1. The molecule has 0 aromatic heterocycles. The van der Waals surface area contributed by atoms with Gasteiger partial charge in [0, 0.05) is 17.9 Å². The molecule has 3 nitrogen and oxygen atoms in total. The van der Waals surface area contributed by atoms with Crippen molar-refractivity contribution in [3.8, 4) is 0 Å². The van der Waals surface area contributed by atoms with E-state index in [-0.39, 0.29) is 17.9 Å². The smallest absolute Gasteiger partial charge is 0.244 e. The molecule has 0 bridgehead atoms. The normalized spacial score (nSPS) is 24.2. The minimum Gasteiger partial charge on any atom is -0.320 e. The van der Waals surface area contributed by atoms with E-state index in [1.54, 1.807) is 23.9 Å². The number of carbonyl (C=O) groups excluding carboxylic acids is 1. The standard InChI is InChI=1S/C16H21FN2OS/c1-21-11-10-19-14(12-6-2-3-7-13(12)17)18-16(15(19)20)8-4-5-9-16/h2-3,6-7,14,18H,4-5,8-11H2,1H3. The molecule has 2 aliphatic rings. The fraction of sp³-hybridized carbons (Fsp3) is 0.562. The molecule has 1 saturated heterocycles. The molecule has 3 rings (SSSR count). The maximum Gasteiger partial charge on any atom is 0.244 e. The summed E-state index contributed by atoms with van der Waals surface area (Å²) in [5.74, 6) is 0.781. The van der Waals surface area contributed by atoms with Crippen molar-refractivity contribution in [3.05, 3.63) is 35.6 Å². The summed E-state index contributed by atoms with van der Waals surface area (Å²) in [6.45, 7) is 0.660. The van der Waals surface area contributed by atoms with Crippen LogP contribution in [0.3, 0.4) is 0 Å². The van der Waals surface area contributed by atoms with Gasteiger partial charge in [-0.2, -0.15) is 11.8 Å². The van der Waals surface area contributed by atoms with E-state index in [1.807, 2.05) is 17.2 Å². The first-order valence-corrected chi connectivity index (χ1v) is 8.89. The third-order valence-corrected chi connectivity index (χ3v) is 5.18. The van der Waals surface area contributed by atoms with Gasteiger partial charge in [0.2, 0.25) is 5.91 Å². The van der Waals surface area contributed by atoms with Crippen molar-refractivity contribution in [2.75, 3.05) is 18.6 Å². The Morgan fingerprint density at radius 1 is 1.38 bits per heavy atom. The predicted molar refractivity (Wildman–Crippen MR) is 83.6 cm³/mol. The monoisotopic (exact) mass is 308 g/mol. The minimum atomic E-state index is -0.453. The lowest BCUT2D eigenvalue weighted by Crippen LogP contribution is -2.44. The molecule has 2 fully saturated rings. The number of hydrogen-bond acceptors (Lipinski definition) is 3. The van der Waals surface area contributed by atoms with Gasteiger partial charge in [-0.3, -0.25) is 10.1 Å². The SMILES string of the molecule is CSCCN1C(=O)C2(CCCC2)NC1c1ccccc1F. The summed E-state index contributed by atoms with van der Waals surface area (Å²) in [4.78, 5) is 14.7. The Balaban J connectivity index is 1.93. The Bertz CT molecular complexity index is 531. The van der Waals surface area contributed by atoms with Crippen molar-refractivity contribution in [1.82, 2.24) is 10.2 Å². The number of carbonyl (C=O) groups is 1. The van der Waals surface area contributed by atoms with Crippen LogP contribution in [0, 0.1) is 5.82 Å². The van der Waals surface area contributed by atoms with Crippen LogP contribution >= 0.6 is 11.8 Å². The Hall–Kier alpha value is -1.07. The molecule has 1 unspecified atom stereocenters. The minimum absolute atomic E-state index is 0.155. The fourth-order valence-electron chi connectivity index (χ4n) is 3.49. The summed E-state index contributed by atoms with van der Waals surface area (Å²) in [5.41, 5.74) is 0.126. The summed E-state index contributed by atoms with van der Waals surface area (Å²) < 4.78 is 14.2. The van der Waals surface area contributed by atoms with E-state index in [0.717, 1.165) is 31.4 Å². The van der Waals surface area contributed by atoms with E-state index in [1.165, 1.54) is 6.07 Å². The summed E-state index contributed by atoms with van der Waals surface area (Å²) in [5, 5.41) is 3.46. The lowest BCUT2D eigenvalue weighted by molar-refractivity contribution is -0.133. The molecule has 1 aromatic carbocycles. The molecule has 1 N–H and O–H groups in total. The van der Waals surface area contributed by atoms with E-state index >= 15 is 0 Å². The second kappa shape index (κ2) is 5.97. The molecule has 1 heterocycles. The first kappa shape index (κ1) is 14.9. The van der Waals surface area contributed by atoms with Gasteiger partial charge in [0.15, 0.2) is 0 Å². The van der Waals surface area contributed by atoms with Gasteiger partial charge in [0.1, 0.15) is 12.0 Å². The molecule has 1 aliphatic carbocycles. The molecule has 1 aromatic rings. The number of benzene rings is 1. The van der Waals surface area contributed by atoms with Crippen molar-refractivity contribution in [1.29, 1.82) is 0 Å². The number of halogens is 1. The highest BCUT2D eigenvalue weighted by Gasteiger charge is 2.52. The van der Waals surface area contributed by atoms with Crippen LogP contribution < -0.4 is 5.32 Å². The topological polar surface area (TPSA) is 32.3 Å². The molecule has 5 heteroatoms. The zero-order chi connectivity index (χ0) is 14.9. The zero-order valence-electron chi connectivity index (χ0n) is 12.3. The molecular formula is C16H21FN2OS. The van der Waals surface area contributed by atoms with Crippen molar-refractivity contribution in [2.24, 2.45) is 0 Å². The maximum atomic E-state index is 14.2. The van der Waals surface area contributed by atoms with Gasteiger partial charge >= 0.3 is 0 Å². The van der Waals surface area contributed by atoms with E-state index in [9.17, 15) is 9.18 Å². The number of thioether (sulfide) groups is 1. The van der Waals surface area contributed by atoms with Gasteiger partial charge in [-0.1, -0.05) is 31.0 Å². The van der Waals surface area contributed by atoms with Gasteiger partial charge in [0.05, 0.1) is 5.54 Å². The molecule has 1 spiro atoms. The molecular weight excluding hydrogens is 287 g/mol. The number of nitrogens with zero attached hydrogens (tertiary/aromatic N) is 1. The van der Waals surface area contributed by atoms with Gasteiger partial charge in [-0.25, -0.2) is 4.39 Å².